The van der Waals surface area contributed by atoms with Crippen molar-refractivity contribution in [3.63, 3.8) is 0 Å². The Hall–Kier alpha value is -3.53. The number of amides is 1. The van der Waals surface area contributed by atoms with Gasteiger partial charge in [-0.3, -0.25) is 14.2 Å². The van der Waals surface area contributed by atoms with Gasteiger partial charge in [0.15, 0.2) is 0 Å². The molecule has 0 spiro atoms. The van der Waals surface area contributed by atoms with E-state index in [1.165, 1.54) is 24.1 Å². The van der Waals surface area contributed by atoms with Gasteiger partial charge in [-0.15, -0.1) is 11.3 Å². The van der Waals surface area contributed by atoms with E-state index in [2.05, 4.69) is 15.0 Å². The first kappa shape index (κ1) is 23.1. The van der Waals surface area contributed by atoms with Gasteiger partial charge < -0.3 is 14.8 Å². The molecule has 0 bridgehead atoms. The van der Waals surface area contributed by atoms with Gasteiger partial charge in [-0.1, -0.05) is 6.07 Å². The number of hydrogen-bond acceptors (Lipinski definition) is 8. The van der Waals surface area contributed by atoms with E-state index in [4.69, 9.17) is 4.74 Å². The molecule has 3 aromatic rings. The number of ether oxygens (including phenoxy) is 2. The number of aryl methyl sites for hydroxylation is 1. The van der Waals surface area contributed by atoms with Crippen LogP contribution in [-0.2, 0) is 14.3 Å². The number of benzene rings is 1. The Kier molecular flexibility index (Phi) is 6.73. The van der Waals surface area contributed by atoms with Crippen molar-refractivity contribution >= 4 is 45.1 Å². The van der Waals surface area contributed by atoms with Gasteiger partial charge in [0.05, 0.1) is 30.5 Å². The second-order valence-electron chi connectivity index (χ2n) is 7.39. The molecule has 0 fully saturated rings. The summed E-state index contributed by atoms with van der Waals surface area (Å²) in [5.74, 6) is -1.51. The number of aromatic nitrogens is 2. The Balaban J connectivity index is 1.90. The van der Waals surface area contributed by atoms with E-state index in [1.807, 2.05) is 0 Å². The highest BCUT2D eigenvalue weighted by atomic mass is 32.1. The van der Waals surface area contributed by atoms with Gasteiger partial charge >= 0.3 is 11.9 Å². The van der Waals surface area contributed by atoms with Gasteiger partial charge in [0, 0.05) is 5.69 Å². The molecular formula is C22H23N3O6S. The van der Waals surface area contributed by atoms with E-state index < -0.39 is 29.4 Å². The molecule has 0 aliphatic heterocycles. The van der Waals surface area contributed by atoms with Crippen LogP contribution in [-0.4, -0.2) is 40.6 Å². The molecule has 0 aliphatic carbocycles. The van der Waals surface area contributed by atoms with Crippen molar-refractivity contribution in [3.05, 3.63) is 57.0 Å². The zero-order chi connectivity index (χ0) is 23.6. The fourth-order valence-corrected chi connectivity index (χ4v) is 4.11. The molecule has 10 heteroatoms. The van der Waals surface area contributed by atoms with E-state index in [0.717, 1.165) is 11.3 Å². The molecule has 0 saturated heterocycles. The summed E-state index contributed by atoms with van der Waals surface area (Å²) in [6.45, 7) is 6.70. The number of esters is 2. The largest absolute Gasteiger partial charge is 0.465 e. The second-order valence-corrected chi connectivity index (χ2v) is 8.38. The summed E-state index contributed by atoms with van der Waals surface area (Å²) >= 11 is 1.08. The van der Waals surface area contributed by atoms with Crippen molar-refractivity contribution < 1.29 is 23.9 Å². The third-order valence-corrected chi connectivity index (χ3v) is 5.93. The Morgan fingerprint density at radius 3 is 2.53 bits per heavy atom. The predicted molar refractivity (Wildman–Crippen MR) is 120 cm³/mol. The number of hydrogen-bond donors (Lipinski definition) is 1. The van der Waals surface area contributed by atoms with Crippen molar-refractivity contribution in [1.29, 1.82) is 0 Å². The third-order valence-electron chi connectivity index (χ3n) is 4.75. The monoisotopic (exact) mass is 457 g/mol. The molecule has 168 valence electrons. The lowest BCUT2D eigenvalue weighted by atomic mass is 10.2. The highest BCUT2D eigenvalue weighted by Gasteiger charge is 2.24. The number of rotatable bonds is 6. The second kappa shape index (κ2) is 9.31. The number of anilines is 1. The average Bonchev–Trinajstić information content (AvgIpc) is 3.10. The third kappa shape index (κ3) is 4.54. The van der Waals surface area contributed by atoms with Crippen LogP contribution in [0.3, 0.4) is 0 Å². The zero-order valence-electron chi connectivity index (χ0n) is 18.3. The minimum atomic E-state index is -0.897. The van der Waals surface area contributed by atoms with Gasteiger partial charge in [0.25, 0.3) is 5.56 Å². The van der Waals surface area contributed by atoms with E-state index in [9.17, 15) is 19.2 Å². The summed E-state index contributed by atoms with van der Waals surface area (Å²) in [6.07, 6.45) is 0.992. The van der Waals surface area contributed by atoms with Gasteiger partial charge in [0.2, 0.25) is 5.91 Å². The van der Waals surface area contributed by atoms with Crippen molar-refractivity contribution in [2.24, 2.45) is 0 Å². The van der Waals surface area contributed by atoms with Crippen molar-refractivity contribution in [1.82, 2.24) is 9.55 Å². The summed E-state index contributed by atoms with van der Waals surface area (Å²) in [6, 6.07) is 5.38. The Morgan fingerprint density at radius 2 is 1.88 bits per heavy atom. The van der Waals surface area contributed by atoms with Crippen molar-refractivity contribution in [2.75, 3.05) is 12.4 Å². The average molecular weight is 458 g/mol. The molecule has 0 radical (unpaired) electrons. The number of nitrogens with zero attached hydrogens (tertiary/aromatic N) is 2. The minimum absolute atomic E-state index is 0.278. The number of fused-ring (bicyclic) bond motifs is 1. The molecule has 1 aromatic carbocycles. The van der Waals surface area contributed by atoms with E-state index in [-0.39, 0.29) is 17.1 Å². The maximum Gasteiger partial charge on any atom is 0.348 e. The van der Waals surface area contributed by atoms with Crippen LogP contribution in [0.2, 0.25) is 0 Å². The van der Waals surface area contributed by atoms with Gasteiger partial charge in [-0.2, -0.15) is 0 Å². The molecule has 9 nitrogen and oxygen atoms in total. The number of carbonyl (C=O) groups is 3. The maximum absolute atomic E-state index is 13.1. The predicted octanol–water partition coefficient (Wildman–Crippen LogP) is 3.32. The standard InChI is InChI=1S/C22H23N3O6S/c1-11(2)31-22(29)17-12(3)16-19(32-17)23-10-25(20(16)27)13(4)18(26)24-15-8-6-7-14(9-15)21(28)30-5/h6-11,13H,1-5H3,(H,24,26). The highest BCUT2D eigenvalue weighted by molar-refractivity contribution is 7.20. The van der Waals surface area contributed by atoms with Crippen LogP contribution in [0, 0.1) is 6.92 Å². The van der Waals surface area contributed by atoms with Crippen molar-refractivity contribution in [3.8, 4) is 0 Å². The number of methoxy groups -OCH3 is 1. The lowest BCUT2D eigenvalue weighted by Crippen LogP contribution is -2.31. The molecule has 0 aliphatic rings. The van der Waals surface area contributed by atoms with Crippen LogP contribution in [0.4, 0.5) is 5.69 Å². The maximum atomic E-state index is 13.1. The fourth-order valence-electron chi connectivity index (χ4n) is 3.09. The normalized spacial score (nSPS) is 11.9. The van der Waals surface area contributed by atoms with Crippen molar-refractivity contribution in [2.45, 2.75) is 39.8 Å². The SMILES string of the molecule is COC(=O)c1cccc(NC(=O)C(C)n2cnc3sc(C(=O)OC(C)C)c(C)c3c2=O)c1. The Bertz CT molecular complexity index is 1260. The summed E-state index contributed by atoms with van der Waals surface area (Å²) in [5, 5.41) is 2.97. The fraction of sp³-hybridized carbons (Fsp3) is 0.318. The molecule has 2 heterocycles. The molecule has 1 unspecified atom stereocenters. The topological polar surface area (TPSA) is 117 Å². The molecular weight excluding hydrogens is 434 g/mol. The first-order valence-electron chi connectivity index (χ1n) is 9.84. The first-order valence-corrected chi connectivity index (χ1v) is 10.7. The first-order chi connectivity index (χ1) is 15.1. The summed E-state index contributed by atoms with van der Waals surface area (Å²) in [4.78, 5) is 54.9. The summed E-state index contributed by atoms with van der Waals surface area (Å²) in [7, 11) is 1.27. The Labute approximate surface area is 188 Å². The number of carbonyl (C=O) groups excluding carboxylic acids is 3. The van der Waals surface area contributed by atoms with Crippen LogP contribution in [0.25, 0.3) is 10.2 Å². The summed E-state index contributed by atoms with van der Waals surface area (Å²) in [5.41, 5.74) is 0.712. The van der Waals surface area contributed by atoms with Gasteiger partial charge in [-0.25, -0.2) is 14.6 Å². The molecule has 1 N–H and O–H groups in total. The zero-order valence-corrected chi connectivity index (χ0v) is 19.1. The lowest BCUT2D eigenvalue weighted by Gasteiger charge is -2.15. The van der Waals surface area contributed by atoms with Gasteiger partial charge in [-0.05, 0) is 51.5 Å². The smallest absolute Gasteiger partial charge is 0.348 e. The van der Waals surface area contributed by atoms with E-state index >= 15 is 0 Å². The summed E-state index contributed by atoms with van der Waals surface area (Å²) < 4.78 is 11.1. The molecule has 32 heavy (non-hydrogen) atoms. The van der Waals surface area contributed by atoms with E-state index in [1.54, 1.807) is 45.9 Å². The molecule has 2 aromatic heterocycles. The minimum Gasteiger partial charge on any atom is -0.465 e. The molecule has 1 amide bonds. The molecule has 3 rings (SSSR count). The van der Waals surface area contributed by atoms with E-state index in [0.29, 0.717) is 21.0 Å². The van der Waals surface area contributed by atoms with Crippen LogP contribution in [0.15, 0.2) is 35.4 Å². The molecule has 1 atom stereocenters. The Morgan fingerprint density at radius 1 is 1.16 bits per heavy atom. The van der Waals surface area contributed by atoms with Gasteiger partial charge in [0.1, 0.15) is 15.7 Å². The van der Waals surface area contributed by atoms with Crippen LogP contribution < -0.4 is 10.9 Å². The highest BCUT2D eigenvalue weighted by Crippen LogP contribution is 2.28. The quantitative estimate of drug-likeness (QED) is 0.564. The van der Waals surface area contributed by atoms with Crippen LogP contribution >= 0.6 is 11.3 Å². The van der Waals surface area contributed by atoms with Crippen LogP contribution in [0.1, 0.15) is 52.4 Å². The lowest BCUT2D eigenvalue weighted by molar-refractivity contribution is -0.118. The number of nitrogens with one attached hydrogen (secondary N) is 1. The molecule has 0 saturated carbocycles. The number of thiophene rings is 1. The van der Waals surface area contributed by atoms with Crippen LogP contribution in [0.5, 0.6) is 0 Å².